The van der Waals surface area contributed by atoms with E-state index in [0.29, 0.717) is 0 Å². The van der Waals surface area contributed by atoms with E-state index in [0.717, 1.165) is 19.2 Å². The fourth-order valence-corrected chi connectivity index (χ4v) is 3.92. The number of hydrogen-bond acceptors (Lipinski definition) is 2. The van der Waals surface area contributed by atoms with Crippen molar-refractivity contribution in [3.63, 3.8) is 0 Å². The van der Waals surface area contributed by atoms with Crippen molar-refractivity contribution < 1.29 is 0 Å². The molecule has 0 radical (unpaired) electrons. The Morgan fingerprint density at radius 1 is 1.38 bits per heavy atom. The number of fused-ring (bicyclic) bond motifs is 1. The largest absolute Gasteiger partial charge is 0.307 e. The van der Waals surface area contributed by atoms with Crippen LogP contribution in [0.4, 0.5) is 0 Å². The van der Waals surface area contributed by atoms with Crippen LogP contribution in [0.1, 0.15) is 0 Å². The molecule has 0 aliphatic rings. The maximum Gasteiger partial charge on any atom is 0.307 e. The number of thiazole rings is 1. The Bertz CT molecular complexity index is 529. The van der Waals surface area contributed by atoms with Gasteiger partial charge >= 0.3 is 4.87 Å². The molecule has 0 atom stereocenters. The molecule has 13 heavy (non-hydrogen) atoms. The lowest BCUT2D eigenvalue weighted by molar-refractivity contribution is 0.936. The van der Waals surface area contributed by atoms with Crippen molar-refractivity contribution in [2.75, 3.05) is 0 Å². The molecule has 0 saturated heterocycles. The summed E-state index contributed by atoms with van der Waals surface area (Å²) in [5, 5.41) is 0. The molecule has 0 amide bonds. The van der Waals surface area contributed by atoms with Gasteiger partial charge in [0.25, 0.3) is 0 Å². The summed E-state index contributed by atoms with van der Waals surface area (Å²) < 4.78 is 4.57. The third kappa shape index (κ3) is 1.49. The maximum atomic E-state index is 11.3. The van der Waals surface area contributed by atoms with Gasteiger partial charge in [-0.15, -0.1) is 0 Å². The first-order valence-electron chi connectivity index (χ1n) is 3.54. The Morgan fingerprint density at radius 2 is 2.08 bits per heavy atom. The zero-order valence-electron chi connectivity index (χ0n) is 6.67. The average Bonchev–Trinajstić information content (AvgIpc) is 2.27. The number of nitrogens with zero attached hydrogens (tertiary/aromatic N) is 1. The summed E-state index contributed by atoms with van der Waals surface area (Å²) in [4.78, 5) is 11.4. The standard InChI is InChI=1S/C8H5Br2NOS/c1-11-7-5(10)2-4(9)3-6(7)13-8(11)12/h2-3H,1H3. The minimum absolute atomic E-state index is 0.0637. The molecule has 0 aliphatic carbocycles. The van der Waals surface area contributed by atoms with Gasteiger partial charge in [0.05, 0.1) is 10.2 Å². The van der Waals surface area contributed by atoms with Gasteiger partial charge in [-0.3, -0.25) is 4.79 Å². The zero-order chi connectivity index (χ0) is 9.59. The molecule has 0 aliphatic heterocycles. The van der Waals surface area contributed by atoms with Crippen LogP contribution in [0.5, 0.6) is 0 Å². The van der Waals surface area contributed by atoms with E-state index in [9.17, 15) is 4.79 Å². The van der Waals surface area contributed by atoms with E-state index >= 15 is 0 Å². The van der Waals surface area contributed by atoms with Gasteiger partial charge in [-0.25, -0.2) is 0 Å². The molecule has 0 saturated carbocycles. The minimum Gasteiger partial charge on any atom is -0.301 e. The second-order valence-corrected chi connectivity index (χ2v) is 5.42. The van der Waals surface area contributed by atoms with Gasteiger partial charge in [0.2, 0.25) is 0 Å². The Balaban J connectivity index is 3.03. The van der Waals surface area contributed by atoms with Crippen molar-refractivity contribution >= 4 is 53.4 Å². The van der Waals surface area contributed by atoms with Gasteiger partial charge in [-0.2, -0.15) is 0 Å². The lowest BCUT2D eigenvalue weighted by atomic mass is 10.3. The quantitative estimate of drug-likeness (QED) is 0.730. The van der Waals surface area contributed by atoms with Crippen LogP contribution in [0.3, 0.4) is 0 Å². The van der Waals surface area contributed by atoms with Crippen molar-refractivity contribution in [2.24, 2.45) is 7.05 Å². The predicted molar refractivity (Wildman–Crippen MR) is 62.5 cm³/mol. The summed E-state index contributed by atoms with van der Waals surface area (Å²) in [6.07, 6.45) is 0. The van der Waals surface area contributed by atoms with Crippen LogP contribution in [0, 0.1) is 0 Å². The zero-order valence-corrected chi connectivity index (χ0v) is 10.7. The van der Waals surface area contributed by atoms with Crippen molar-refractivity contribution in [3.05, 3.63) is 30.7 Å². The third-order valence-corrected chi connectivity index (χ3v) is 3.84. The molecule has 0 bridgehead atoms. The summed E-state index contributed by atoms with van der Waals surface area (Å²) in [5.74, 6) is 0. The molecular formula is C8H5Br2NOS. The normalized spacial score (nSPS) is 11.0. The van der Waals surface area contributed by atoms with Crippen molar-refractivity contribution in [1.82, 2.24) is 4.57 Å². The van der Waals surface area contributed by atoms with Crippen molar-refractivity contribution in [1.29, 1.82) is 0 Å². The maximum absolute atomic E-state index is 11.3. The number of rotatable bonds is 0. The third-order valence-electron chi connectivity index (χ3n) is 1.80. The van der Waals surface area contributed by atoms with Crippen LogP contribution in [-0.4, -0.2) is 4.57 Å². The van der Waals surface area contributed by atoms with Crippen LogP contribution >= 0.6 is 43.2 Å². The van der Waals surface area contributed by atoms with Gasteiger partial charge in [-0.05, 0) is 28.1 Å². The van der Waals surface area contributed by atoms with E-state index in [-0.39, 0.29) is 4.87 Å². The summed E-state index contributed by atoms with van der Waals surface area (Å²) in [5.41, 5.74) is 0.957. The molecule has 1 aromatic heterocycles. The monoisotopic (exact) mass is 321 g/mol. The van der Waals surface area contributed by atoms with E-state index in [2.05, 4.69) is 31.9 Å². The second kappa shape index (κ2) is 3.22. The van der Waals surface area contributed by atoms with E-state index in [1.54, 1.807) is 11.6 Å². The summed E-state index contributed by atoms with van der Waals surface area (Å²) in [6, 6.07) is 3.89. The predicted octanol–water partition coefficient (Wildman–Crippen LogP) is 3.13. The second-order valence-electron chi connectivity index (χ2n) is 2.66. The molecular weight excluding hydrogens is 318 g/mol. The highest BCUT2D eigenvalue weighted by Gasteiger charge is 2.08. The smallest absolute Gasteiger partial charge is 0.301 e. The molecule has 2 aromatic rings. The van der Waals surface area contributed by atoms with E-state index in [1.165, 1.54) is 11.3 Å². The Kier molecular flexibility index (Phi) is 2.33. The topological polar surface area (TPSA) is 22.0 Å². The lowest BCUT2D eigenvalue weighted by Crippen LogP contribution is -2.06. The Labute approximate surface area is 95.4 Å². The van der Waals surface area contributed by atoms with E-state index < -0.39 is 0 Å². The average molecular weight is 323 g/mol. The number of aryl methyl sites for hydroxylation is 1. The highest BCUT2D eigenvalue weighted by molar-refractivity contribution is 9.11. The van der Waals surface area contributed by atoms with Gasteiger partial charge in [0.15, 0.2) is 0 Å². The fourth-order valence-electron chi connectivity index (χ4n) is 1.20. The fraction of sp³-hybridized carbons (Fsp3) is 0.125. The van der Waals surface area contributed by atoms with Gasteiger partial charge in [0, 0.05) is 16.0 Å². The summed E-state index contributed by atoms with van der Waals surface area (Å²) in [6.45, 7) is 0. The number of hydrogen-bond donors (Lipinski definition) is 0. The first kappa shape index (κ1) is 9.43. The molecule has 0 fully saturated rings. The van der Waals surface area contributed by atoms with Gasteiger partial charge in [-0.1, -0.05) is 27.3 Å². The Hall–Kier alpha value is -0.130. The van der Waals surface area contributed by atoms with Crippen LogP contribution in [0.2, 0.25) is 0 Å². The van der Waals surface area contributed by atoms with Crippen LogP contribution < -0.4 is 4.87 Å². The van der Waals surface area contributed by atoms with Crippen LogP contribution in [-0.2, 0) is 7.05 Å². The molecule has 5 heteroatoms. The highest BCUT2D eigenvalue weighted by atomic mass is 79.9. The van der Waals surface area contributed by atoms with E-state index in [1.807, 2.05) is 12.1 Å². The molecule has 0 N–H and O–H groups in total. The molecule has 1 aromatic carbocycles. The highest BCUT2D eigenvalue weighted by Crippen LogP contribution is 2.29. The number of benzene rings is 1. The van der Waals surface area contributed by atoms with E-state index in [4.69, 9.17) is 0 Å². The Morgan fingerprint density at radius 3 is 2.77 bits per heavy atom. The molecule has 2 rings (SSSR count). The minimum atomic E-state index is 0.0637. The molecule has 68 valence electrons. The number of halogens is 2. The lowest BCUT2D eigenvalue weighted by Gasteiger charge is -1.98. The molecule has 2 nitrogen and oxygen atoms in total. The molecule has 0 spiro atoms. The van der Waals surface area contributed by atoms with Gasteiger partial charge in [0.1, 0.15) is 0 Å². The molecule has 1 heterocycles. The van der Waals surface area contributed by atoms with Crippen LogP contribution in [0.15, 0.2) is 25.9 Å². The SMILES string of the molecule is Cn1c(=O)sc2cc(Br)cc(Br)c21. The van der Waals surface area contributed by atoms with Crippen molar-refractivity contribution in [2.45, 2.75) is 0 Å². The summed E-state index contributed by atoms with van der Waals surface area (Å²) in [7, 11) is 1.78. The van der Waals surface area contributed by atoms with Crippen LogP contribution in [0.25, 0.3) is 10.2 Å². The van der Waals surface area contributed by atoms with Crippen molar-refractivity contribution in [3.8, 4) is 0 Å². The van der Waals surface area contributed by atoms with Gasteiger partial charge < -0.3 is 4.57 Å². The number of aromatic nitrogens is 1. The first-order valence-corrected chi connectivity index (χ1v) is 5.94. The first-order chi connectivity index (χ1) is 6.09. The molecule has 0 unspecified atom stereocenters. The summed E-state index contributed by atoms with van der Waals surface area (Å²) >= 11 is 8.07.